The van der Waals surface area contributed by atoms with Crippen LogP contribution in [-0.2, 0) is 32.2 Å². The van der Waals surface area contributed by atoms with Crippen LogP contribution in [-0.4, -0.2) is 46.8 Å². The minimum absolute atomic E-state index is 0.0107. The topological polar surface area (TPSA) is 108 Å². The highest BCUT2D eigenvalue weighted by atomic mass is 32.2. The average molecular weight is 454 g/mol. The van der Waals surface area contributed by atoms with Crippen LogP contribution < -0.4 is 0 Å². The van der Waals surface area contributed by atoms with Crippen molar-refractivity contribution in [2.45, 2.75) is 13.1 Å². The van der Waals surface area contributed by atoms with Gasteiger partial charge in [-0.1, -0.05) is 18.2 Å². The number of nitrogens with zero attached hydrogens (tertiary/aromatic N) is 2. The van der Waals surface area contributed by atoms with Crippen LogP contribution in [0.25, 0.3) is 17.0 Å². The molecule has 32 heavy (non-hydrogen) atoms. The smallest absolute Gasteiger partial charge is 0.373 e. The van der Waals surface area contributed by atoms with E-state index in [1.165, 1.54) is 26.4 Å². The molecule has 3 aromatic rings. The van der Waals surface area contributed by atoms with Crippen molar-refractivity contribution in [3.8, 4) is 0 Å². The van der Waals surface area contributed by atoms with E-state index in [0.29, 0.717) is 5.56 Å². The second kappa shape index (κ2) is 8.75. The van der Waals surface area contributed by atoms with E-state index >= 15 is 0 Å². The standard InChI is InChI=1S/C22H18N2O7S/c1-29-19(25)12-23-10-13(15-5-3-4-6-16(15)23)9-18-20(26)24(22(28)32-18)11-14-7-8-17(31-14)21(27)30-2/h3-10H,11-12H2,1-2H3. The molecule has 0 unspecified atom stereocenters. The number of esters is 2. The van der Waals surface area contributed by atoms with Gasteiger partial charge in [0.25, 0.3) is 11.1 Å². The molecule has 10 heteroatoms. The van der Waals surface area contributed by atoms with Crippen LogP contribution in [0, 0.1) is 0 Å². The van der Waals surface area contributed by atoms with Crippen molar-refractivity contribution in [2.75, 3.05) is 14.2 Å². The van der Waals surface area contributed by atoms with Gasteiger partial charge in [-0.15, -0.1) is 0 Å². The largest absolute Gasteiger partial charge is 0.468 e. The Hall–Kier alpha value is -3.79. The first kappa shape index (κ1) is 21.4. The fourth-order valence-electron chi connectivity index (χ4n) is 3.33. The summed E-state index contributed by atoms with van der Waals surface area (Å²) in [7, 11) is 2.55. The van der Waals surface area contributed by atoms with Crippen molar-refractivity contribution in [3.05, 3.63) is 64.6 Å². The Bertz CT molecular complexity index is 1270. The van der Waals surface area contributed by atoms with Gasteiger partial charge in [-0.25, -0.2) is 4.79 Å². The first-order chi connectivity index (χ1) is 15.4. The van der Waals surface area contributed by atoms with E-state index in [4.69, 9.17) is 9.15 Å². The van der Waals surface area contributed by atoms with Gasteiger partial charge < -0.3 is 18.5 Å². The third kappa shape index (κ3) is 4.04. The number of aromatic nitrogens is 1. The molecular weight excluding hydrogens is 436 g/mol. The second-order valence-electron chi connectivity index (χ2n) is 6.83. The number of thioether (sulfide) groups is 1. The summed E-state index contributed by atoms with van der Waals surface area (Å²) in [5.74, 6) is -1.25. The van der Waals surface area contributed by atoms with Gasteiger partial charge in [0.2, 0.25) is 5.76 Å². The number of carbonyl (C=O) groups excluding carboxylic acids is 4. The van der Waals surface area contributed by atoms with Gasteiger partial charge in [0.1, 0.15) is 12.3 Å². The summed E-state index contributed by atoms with van der Waals surface area (Å²) in [5, 5.41) is 0.382. The van der Waals surface area contributed by atoms with E-state index in [1.807, 2.05) is 24.3 Å². The zero-order valence-electron chi connectivity index (χ0n) is 17.2. The zero-order valence-corrected chi connectivity index (χ0v) is 18.0. The molecular formula is C22H18N2O7S. The van der Waals surface area contributed by atoms with E-state index in [9.17, 15) is 19.2 Å². The van der Waals surface area contributed by atoms with Crippen molar-refractivity contribution >= 4 is 51.8 Å². The summed E-state index contributed by atoms with van der Waals surface area (Å²) in [5.41, 5.74) is 1.50. The molecule has 0 spiro atoms. The predicted octanol–water partition coefficient (Wildman–Crippen LogP) is 3.43. The van der Waals surface area contributed by atoms with Gasteiger partial charge in [0, 0.05) is 22.7 Å². The van der Waals surface area contributed by atoms with E-state index in [1.54, 1.807) is 16.8 Å². The van der Waals surface area contributed by atoms with E-state index in [2.05, 4.69) is 4.74 Å². The number of hydrogen-bond acceptors (Lipinski definition) is 8. The van der Waals surface area contributed by atoms with E-state index < -0.39 is 23.1 Å². The lowest BCUT2D eigenvalue weighted by molar-refractivity contribution is -0.141. The highest BCUT2D eigenvalue weighted by Crippen LogP contribution is 2.35. The molecule has 0 bridgehead atoms. The number of ether oxygens (including phenoxy) is 2. The Morgan fingerprint density at radius 1 is 1.09 bits per heavy atom. The Labute approximate surface area is 186 Å². The molecule has 0 saturated carbocycles. The molecule has 3 heterocycles. The maximum Gasteiger partial charge on any atom is 0.373 e. The normalized spacial score (nSPS) is 15.1. The minimum Gasteiger partial charge on any atom is -0.468 e. The highest BCUT2D eigenvalue weighted by molar-refractivity contribution is 8.18. The van der Waals surface area contributed by atoms with Crippen molar-refractivity contribution in [1.82, 2.24) is 9.47 Å². The minimum atomic E-state index is -0.645. The fraction of sp³-hybridized carbons (Fsp3) is 0.182. The number of imide groups is 1. The molecule has 1 saturated heterocycles. The number of fused-ring (bicyclic) bond motifs is 1. The van der Waals surface area contributed by atoms with Crippen molar-refractivity contribution in [3.63, 3.8) is 0 Å². The highest BCUT2D eigenvalue weighted by Gasteiger charge is 2.36. The molecule has 164 valence electrons. The Morgan fingerprint density at radius 2 is 1.88 bits per heavy atom. The van der Waals surface area contributed by atoms with Crippen molar-refractivity contribution in [1.29, 1.82) is 0 Å². The number of hydrogen-bond donors (Lipinski definition) is 0. The number of benzene rings is 1. The lowest BCUT2D eigenvalue weighted by atomic mass is 10.1. The SMILES string of the molecule is COC(=O)Cn1cc(C=C2SC(=O)N(Cc3ccc(C(=O)OC)o3)C2=O)c2ccccc21. The molecule has 1 aromatic carbocycles. The molecule has 2 amide bonds. The number of furan rings is 1. The van der Waals surface area contributed by atoms with Crippen LogP contribution in [0.2, 0.25) is 0 Å². The molecule has 0 atom stereocenters. The quantitative estimate of drug-likeness (QED) is 0.412. The second-order valence-corrected chi connectivity index (χ2v) is 7.82. The molecule has 0 radical (unpaired) electrons. The van der Waals surface area contributed by atoms with Gasteiger partial charge >= 0.3 is 11.9 Å². The van der Waals surface area contributed by atoms with Crippen LogP contribution in [0.4, 0.5) is 4.79 Å². The molecule has 4 rings (SSSR count). The number of amides is 2. The van der Waals surface area contributed by atoms with Gasteiger partial charge in [-0.05, 0) is 36.0 Å². The molecule has 0 aliphatic carbocycles. The average Bonchev–Trinajstić information content (AvgIpc) is 3.47. The summed E-state index contributed by atoms with van der Waals surface area (Å²) < 4.78 is 16.4. The van der Waals surface area contributed by atoms with Crippen LogP contribution in [0.3, 0.4) is 0 Å². The third-order valence-electron chi connectivity index (χ3n) is 4.87. The number of para-hydroxylation sites is 1. The summed E-state index contributed by atoms with van der Waals surface area (Å²) in [6, 6.07) is 10.4. The number of carbonyl (C=O) groups is 4. The van der Waals surface area contributed by atoms with Crippen LogP contribution in [0.15, 0.2) is 51.9 Å². The summed E-state index contributed by atoms with van der Waals surface area (Å²) in [6.07, 6.45) is 3.37. The maximum absolute atomic E-state index is 12.9. The fourth-order valence-corrected chi connectivity index (χ4v) is 4.16. The van der Waals surface area contributed by atoms with Crippen LogP contribution in [0.5, 0.6) is 0 Å². The Kier molecular flexibility index (Phi) is 5.87. The number of rotatable bonds is 6. The third-order valence-corrected chi connectivity index (χ3v) is 5.78. The molecule has 1 aliphatic heterocycles. The summed E-state index contributed by atoms with van der Waals surface area (Å²) in [4.78, 5) is 49.9. The molecule has 1 aliphatic rings. The van der Waals surface area contributed by atoms with Crippen LogP contribution in [0.1, 0.15) is 21.9 Å². The van der Waals surface area contributed by atoms with E-state index in [0.717, 1.165) is 27.6 Å². The van der Waals surface area contributed by atoms with Gasteiger partial charge in [-0.3, -0.25) is 19.3 Å². The lowest BCUT2D eigenvalue weighted by Gasteiger charge is -2.09. The molecule has 0 N–H and O–H groups in total. The molecule has 2 aromatic heterocycles. The zero-order chi connectivity index (χ0) is 22.8. The Morgan fingerprint density at radius 3 is 2.62 bits per heavy atom. The van der Waals surface area contributed by atoms with Gasteiger partial charge in [0.05, 0.1) is 25.7 Å². The lowest BCUT2D eigenvalue weighted by Crippen LogP contribution is -2.27. The van der Waals surface area contributed by atoms with Crippen molar-refractivity contribution in [2.24, 2.45) is 0 Å². The summed E-state index contributed by atoms with van der Waals surface area (Å²) in [6.45, 7) is -0.0869. The monoisotopic (exact) mass is 454 g/mol. The maximum atomic E-state index is 12.9. The van der Waals surface area contributed by atoms with E-state index in [-0.39, 0.29) is 29.5 Å². The van der Waals surface area contributed by atoms with Gasteiger partial charge in [0.15, 0.2) is 0 Å². The summed E-state index contributed by atoms with van der Waals surface area (Å²) >= 11 is 0.814. The molecule has 1 fully saturated rings. The molecule has 9 nitrogen and oxygen atoms in total. The first-order valence-corrected chi connectivity index (χ1v) is 10.3. The Balaban J connectivity index is 1.60. The van der Waals surface area contributed by atoms with Crippen molar-refractivity contribution < 1.29 is 33.1 Å². The predicted molar refractivity (Wildman–Crippen MR) is 116 cm³/mol. The van der Waals surface area contributed by atoms with Crippen LogP contribution >= 0.6 is 11.8 Å². The first-order valence-electron chi connectivity index (χ1n) is 9.48. The number of methoxy groups -OCH3 is 2. The van der Waals surface area contributed by atoms with Gasteiger partial charge in [-0.2, -0.15) is 0 Å².